The van der Waals surface area contributed by atoms with Crippen molar-refractivity contribution in [2.45, 2.75) is 26.8 Å². The normalized spacial score (nSPS) is 13.8. The monoisotopic (exact) mass is 326 g/mol. The molecular weight excluding hydrogens is 304 g/mol. The largest absolute Gasteiger partial charge is 0.341 e. The van der Waals surface area contributed by atoms with E-state index in [1.54, 1.807) is 0 Å². The second kappa shape index (κ2) is 5.38. The Kier molecular flexibility index (Phi) is 3.14. The number of para-hydroxylation sites is 1. The summed E-state index contributed by atoms with van der Waals surface area (Å²) in [6.07, 6.45) is 1.13. The highest BCUT2D eigenvalue weighted by molar-refractivity contribution is 6.09. The van der Waals surface area contributed by atoms with Gasteiger partial charge in [-0.1, -0.05) is 35.9 Å². The average Bonchev–Trinajstić information content (AvgIpc) is 3.19. The molecule has 2 nitrogen and oxygen atoms in total. The van der Waals surface area contributed by atoms with E-state index in [9.17, 15) is 0 Å². The third-order valence-corrected chi connectivity index (χ3v) is 5.51. The fourth-order valence-electron chi connectivity index (χ4n) is 4.35. The van der Waals surface area contributed by atoms with Crippen molar-refractivity contribution in [3.05, 3.63) is 71.8 Å². The molecule has 0 aliphatic carbocycles. The van der Waals surface area contributed by atoms with Crippen molar-refractivity contribution in [1.82, 2.24) is 4.57 Å². The first-order valence-electron chi connectivity index (χ1n) is 9.14. The maximum absolute atomic E-state index is 2.46. The van der Waals surface area contributed by atoms with Crippen LogP contribution in [0.25, 0.3) is 21.8 Å². The fraction of sp³-hybridized carbons (Fsp3) is 0.217. The Balaban J connectivity index is 1.71. The molecule has 2 heterocycles. The molecule has 1 aliphatic rings. The minimum atomic E-state index is 0.995. The number of anilines is 2. The summed E-state index contributed by atoms with van der Waals surface area (Å²) in [4.78, 5) is 2.46. The van der Waals surface area contributed by atoms with Crippen LogP contribution in [0.15, 0.2) is 60.7 Å². The van der Waals surface area contributed by atoms with Gasteiger partial charge >= 0.3 is 0 Å². The molecule has 1 aliphatic heterocycles. The van der Waals surface area contributed by atoms with E-state index in [4.69, 9.17) is 0 Å². The number of benzene rings is 3. The summed E-state index contributed by atoms with van der Waals surface area (Å²) in [5, 5.41) is 2.71. The Morgan fingerprint density at radius 3 is 2.60 bits per heavy atom. The van der Waals surface area contributed by atoms with E-state index < -0.39 is 0 Å². The molecule has 25 heavy (non-hydrogen) atoms. The molecule has 0 N–H and O–H groups in total. The van der Waals surface area contributed by atoms with Crippen LogP contribution in [-0.4, -0.2) is 11.1 Å². The summed E-state index contributed by atoms with van der Waals surface area (Å²) in [6, 6.07) is 22.5. The van der Waals surface area contributed by atoms with Gasteiger partial charge in [-0.2, -0.15) is 0 Å². The van der Waals surface area contributed by atoms with E-state index in [0.29, 0.717) is 0 Å². The highest BCUT2D eigenvalue weighted by Crippen LogP contribution is 2.38. The summed E-state index contributed by atoms with van der Waals surface area (Å²) < 4.78 is 2.41. The first-order chi connectivity index (χ1) is 12.3. The molecule has 4 aromatic rings. The van der Waals surface area contributed by atoms with Crippen molar-refractivity contribution in [3.8, 4) is 0 Å². The quantitative estimate of drug-likeness (QED) is 0.451. The van der Waals surface area contributed by atoms with Gasteiger partial charge in [0.1, 0.15) is 0 Å². The molecule has 5 rings (SSSR count). The smallest absolute Gasteiger partial charge is 0.0492 e. The summed E-state index contributed by atoms with van der Waals surface area (Å²) in [6.45, 7) is 6.46. The van der Waals surface area contributed by atoms with Gasteiger partial charge < -0.3 is 9.47 Å². The van der Waals surface area contributed by atoms with Gasteiger partial charge in [-0.25, -0.2) is 0 Å². The van der Waals surface area contributed by atoms with Gasteiger partial charge in [-0.3, -0.25) is 0 Å². The van der Waals surface area contributed by atoms with Gasteiger partial charge in [0, 0.05) is 46.3 Å². The highest BCUT2D eigenvalue weighted by atomic mass is 15.2. The first-order valence-corrected chi connectivity index (χ1v) is 9.14. The number of nitrogens with zero attached hydrogens (tertiary/aromatic N) is 2. The number of fused-ring (bicyclic) bond motifs is 4. The van der Waals surface area contributed by atoms with Crippen LogP contribution in [-0.2, 0) is 13.0 Å². The Morgan fingerprint density at radius 1 is 0.880 bits per heavy atom. The number of hydrogen-bond acceptors (Lipinski definition) is 1. The second-order valence-electron chi connectivity index (χ2n) is 7.00. The van der Waals surface area contributed by atoms with Crippen LogP contribution in [0.5, 0.6) is 0 Å². The van der Waals surface area contributed by atoms with E-state index in [1.165, 1.54) is 44.3 Å². The van der Waals surface area contributed by atoms with Crippen LogP contribution in [0.2, 0.25) is 0 Å². The Morgan fingerprint density at radius 2 is 1.72 bits per heavy atom. The van der Waals surface area contributed by atoms with Gasteiger partial charge in [0.15, 0.2) is 0 Å². The molecule has 0 atom stereocenters. The average molecular weight is 326 g/mol. The maximum Gasteiger partial charge on any atom is 0.0492 e. The zero-order valence-electron chi connectivity index (χ0n) is 14.8. The van der Waals surface area contributed by atoms with Crippen LogP contribution in [0.3, 0.4) is 0 Å². The maximum atomic E-state index is 2.46. The van der Waals surface area contributed by atoms with Crippen molar-refractivity contribution in [3.63, 3.8) is 0 Å². The zero-order chi connectivity index (χ0) is 17.0. The Labute approximate surface area is 148 Å². The van der Waals surface area contributed by atoms with Crippen molar-refractivity contribution in [2.24, 2.45) is 0 Å². The van der Waals surface area contributed by atoms with Crippen LogP contribution in [0.1, 0.15) is 18.1 Å². The molecule has 0 fully saturated rings. The van der Waals surface area contributed by atoms with E-state index in [1.807, 2.05) is 0 Å². The van der Waals surface area contributed by atoms with Gasteiger partial charge in [-0.15, -0.1) is 0 Å². The predicted molar refractivity (Wildman–Crippen MR) is 107 cm³/mol. The Hall–Kier alpha value is -2.74. The summed E-state index contributed by atoms with van der Waals surface area (Å²) in [5.74, 6) is 0. The molecule has 2 heteroatoms. The van der Waals surface area contributed by atoms with Crippen LogP contribution >= 0.6 is 0 Å². The third kappa shape index (κ3) is 2.10. The van der Waals surface area contributed by atoms with E-state index in [0.717, 1.165) is 19.5 Å². The minimum Gasteiger partial charge on any atom is -0.341 e. The van der Waals surface area contributed by atoms with E-state index in [-0.39, 0.29) is 0 Å². The summed E-state index contributed by atoms with van der Waals surface area (Å²) >= 11 is 0. The van der Waals surface area contributed by atoms with Crippen molar-refractivity contribution >= 4 is 33.2 Å². The number of aryl methyl sites for hydroxylation is 2. The minimum absolute atomic E-state index is 0.995. The topological polar surface area (TPSA) is 8.17 Å². The van der Waals surface area contributed by atoms with Crippen LogP contribution in [0, 0.1) is 6.92 Å². The van der Waals surface area contributed by atoms with Gasteiger partial charge in [0.2, 0.25) is 0 Å². The Bertz CT molecular complexity index is 1100. The van der Waals surface area contributed by atoms with Crippen molar-refractivity contribution in [2.75, 3.05) is 11.4 Å². The third-order valence-electron chi connectivity index (χ3n) is 5.51. The van der Waals surface area contributed by atoms with Crippen LogP contribution in [0.4, 0.5) is 11.4 Å². The predicted octanol–water partition coefficient (Wildman–Crippen LogP) is 5.82. The van der Waals surface area contributed by atoms with Crippen LogP contribution < -0.4 is 4.90 Å². The van der Waals surface area contributed by atoms with Crippen molar-refractivity contribution in [1.29, 1.82) is 0 Å². The molecule has 0 spiro atoms. The second-order valence-corrected chi connectivity index (χ2v) is 7.00. The standard InChI is InChI=1S/C23H22N2/c1-3-24-22-7-5-4-6-19(22)20-15-18(9-11-23(20)24)25-13-12-17-14-16(2)8-10-21(17)25/h4-11,14-15H,3,12-13H2,1-2H3. The van der Waals surface area contributed by atoms with E-state index >= 15 is 0 Å². The molecule has 0 unspecified atom stereocenters. The molecule has 0 amide bonds. The summed E-state index contributed by atoms with van der Waals surface area (Å²) in [5.41, 5.74) is 8.14. The zero-order valence-corrected chi connectivity index (χ0v) is 14.8. The number of aromatic nitrogens is 1. The van der Waals surface area contributed by atoms with E-state index in [2.05, 4.69) is 84.0 Å². The summed E-state index contributed by atoms with van der Waals surface area (Å²) in [7, 11) is 0. The fourth-order valence-corrected chi connectivity index (χ4v) is 4.35. The number of rotatable bonds is 2. The SMILES string of the molecule is CCn1c2ccccc2c2cc(N3CCc4cc(C)ccc43)ccc21. The molecule has 3 aromatic carbocycles. The lowest BCUT2D eigenvalue weighted by molar-refractivity contribution is 0.827. The first kappa shape index (κ1) is 14.6. The molecule has 0 saturated carbocycles. The lowest BCUT2D eigenvalue weighted by atomic mass is 10.1. The molecule has 1 aromatic heterocycles. The van der Waals surface area contributed by atoms with Gasteiger partial charge in [0.25, 0.3) is 0 Å². The molecule has 124 valence electrons. The lowest BCUT2D eigenvalue weighted by Crippen LogP contribution is -2.13. The number of hydrogen-bond donors (Lipinski definition) is 0. The molecular formula is C23H22N2. The van der Waals surface area contributed by atoms with Crippen molar-refractivity contribution < 1.29 is 0 Å². The molecule has 0 bridgehead atoms. The van der Waals surface area contributed by atoms with Gasteiger partial charge in [-0.05, 0) is 56.2 Å². The molecule has 0 saturated heterocycles. The lowest BCUT2D eigenvalue weighted by Gasteiger charge is -2.20. The highest BCUT2D eigenvalue weighted by Gasteiger charge is 2.21. The van der Waals surface area contributed by atoms with Gasteiger partial charge in [0.05, 0.1) is 0 Å². The molecule has 0 radical (unpaired) electrons.